The number of nitrogens with one attached hydrogen (secondary N) is 3. The molecule has 0 bridgehead atoms. The molecule has 0 saturated heterocycles. The average molecular weight is 442 g/mol. The Balaban J connectivity index is 1.48. The summed E-state index contributed by atoms with van der Waals surface area (Å²) in [5.74, 6) is -0.0363. The van der Waals surface area contributed by atoms with Crippen LogP contribution in [0.3, 0.4) is 0 Å². The standard InChI is InChI=1S/C24H28ClN3O3/c1-15(2)18(16-7-9-17(25)10-8-16)13-14-26-22(29)12-11-21-24(31)27-20-6-4-3-5-19(20)23(30)28-21/h3-10,15,18,21H,11-14H2,1-2H3,(H,26,29)(H,27,31)(H,28,30). The molecule has 2 aromatic carbocycles. The highest BCUT2D eigenvalue weighted by molar-refractivity contribution is 6.30. The van der Waals surface area contributed by atoms with Crippen LogP contribution in [-0.2, 0) is 9.59 Å². The molecule has 164 valence electrons. The zero-order valence-electron chi connectivity index (χ0n) is 17.8. The first-order chi connectivity index (χ1) is 14.8. The van der Waals surface area contributed by atoms with Gasteiger partial charge < -0.3 is 16.0 Å². The minimum Gasteiger partial charge on any atom is -0.356 e. The van der Waals surface area contributed by atoms with Crippen LogP contribution in [0.1, 0.15) is 54.9 Å². The van der Waals surface area contributed by atoms with E-state index in [1.165, 1.54) is 5.56 Å². The van der Waals surface area contributed by atoms with Gasteiger partial charge in [0.2, 0.25) is 11.8 Å². The van der Waals surface area contributed by atoms with Gasteiger partial charge in [0, 0.05) is 18.0 Å². The number of hydrogen-bond donors (Lipinski definition) is 3. The first-order valence-corrected chi connectivity index (χ1v) is 11.0. The SMILES string of the molecule is CC(C)C(CCNC(=O)CCC1NC(=O)c2ccccc2NC1=O)c1ccc(Cl)cc1. The van der Waals surface area contributed by atoms with Gasteiger partial charge in [0.05, 0.1) is 11.3 Å². The first-order valence-electron chi connectivity index (χ1n) is 10.6. The monoisotopic (exact) mass is 441 g/mol. The number of fused-ring (bicyclic) bond motifs is 1. The van der Waals surface area contributed by atoms with E-state index in [2.05, 4.69) is 29.8 Å². The van der Waals surface area contributed by atoms with E-state index in [9.17, 15) is 14.4 Å². The van der Waals surface area contributed by atoms with Gasteiger partial charge in [0.25, 0.3) is 5.91 Å². The molecule has 3 N–H and O–H groups in total. The summed E-state index contributed by atoms with van der Waals surface area (Å²) in [7, 11) is 0. The van der Waals surface area contributed by atoms with Crippen LogP contribution in [-0.4, -0.2) is 30.3 Å². The molecule has 1 heterocycles. The number of carbonyl (C=O) groups excluding carboxylic acids is 3. The van der Waals surface area contributed by atoms with Crippen LogP contribution in [0.4, 0.5) is 5.69 Å². The number of halogens is 1. The number of amides is 3. The molecule has 31 heavy (non-hydrogen) atoms. The Morgan fingerprint density at radius 2 is 1.81 bits per heavy atom. The Bertz CT molecular complexity index is 943. The number of benzene rings is 2. The Hall–Kier alpha value is -2.86. The predicted molar refractivity (Wildman–Crippen MR) is 122 cm³/mol. The molecule has 2 aromatic rings. The first kappa shape index (κ1) is 22.8. The van der Waals surface area contributed by atoms with Crippen molar-refractivity contribution in [3.05, 3.63) is 64.7 Å². The van der Waals surface area contributed by atoms with Gasteiger partial charge in [-0.2, -0.15) is 0 Å². The third-order valence-electron chi connectivity index (χ3n) is 5.59. The van der Waals surface area contributed by atoms with Gasteiger partial charge in [-0.1, -0.05) is 49.7 Å². The maximum Gasteiger partial charge on any atom is 0.254 e. The summed E-state index contributed by atoms with van der Waals surface area (Å²) in [5.41, 5.74) is 2.11. The van der Waals surface area contributed by atoms with Gasteiger partial charge in [-0.15, -0.1) is 0 Å². The van der Waals surface area contributed by atoms with E-state index in [0.29, 0.717) is 34.7 Å². The van der Waals surface area contributed by atoms with Gasteiger partial charge >= 0.3 is 0 Å². The van der Waals surface area contributed by atoms with Crippen LogP contribution < -0.4 is 16.0 Å². The summed E-state index contributed by atoms with van der Waals surface area (Å²) in [5, 5.41) is 9.11. The maximum atomic E-state index is 12.4. The molecule has 7 heteroatoms. The Morgan fingerprint density at radius 3 is 2.52 bits per heavy atom. The molecule has 6 nitrogen and oxygen atoms in total. The van der Waals surface area contributed by atoms with Gasteiger partial charge in [-0.3, -0.25) is 14.4 Å². The molecule has 2 unspecified atom stereocenters. The average Bonchev–Trinajstić information content (AvgIpc) is 2.86. The molecule has 2 atom stereocenters. The fourth-order valence-corrected chi connectivity index (χ4v) is 3.97. The van der Waals surface area contributed by atoms with Crippen LogP contribution >= 0.6 is 11.6 Å². The number of anilines is 1. The summed E-state index contributed by atoms with van der Waals surface area (Å²) in [4.78, 5) is 37.1. The number of rotatable bonds is 8. The van der Waals surface area contributed by atoms with Crippen LogP contribution in [0.2, 0.25) is 5.02 Å². The fraction of sp³-hybridized carbons (Fsp3) is 0.375. The van der Waals surface area contributed by atoms with Crippen molar-refractivity contribution in [1.82, 2.24) is 10.6 Å². The van der Waals surface area contributed by atoms with Crippen molar-refractivity contribution < 1.29 is 14.4 Å². The van der Waals surface area contributed by atoms with Crippen molar-refractivity contribution >= 4 is 35.0 Å². The van der Waals surface area contributed by atoms with Crippen molar-refractivity contribution in [2.45, 2.75) is 45.1 Å². The van der Waals surface area contributed by atoms with E-state index in [4.69, 9.17) is 11.6 Å². The Morgan fingerprint density at radius 1 is 1.10 bits per heavy atom. The quantitative estimate of drug-likeness (QED) is 0.575. The van der Waals surface area contributed by atoms with Gasteiger partial charge in [0.15, 0.2) is 0 Å². The second-order valence-corrected chi connectivity index (χ2v) is 8.58. The van der Waals surface area contributed by atoms with Gasteiger partial charge in [-0.25, -0.2) is 0 Å². The minimum absolute atomic E-state index is 0.137. The summed E-state index contributed by atoms with van der Waals surface area (Å²) >= 11 is 5.98. The molecular weight excluding hydrogens is 414 g/mol. The molecular formula is C24H28ClN3O3. The smallest absolute Gasteiger partial charge is 0.254 e. The fourth-order valence-electron chi connectivity index (χ4n) is 3.84. The third-order valence-corrected chi connectivity index (χ3v) is 5.84. The lowest BCUT2D eigenvalue weighted by atomic mass is 9.86. The molecule has 1 aliphatic rings. The molecule has 0 fully saturated rings. The molecule has 0 spiro atoms. The van der Waals surface area contributed by atoms with Gasteiger partial charge in [-0.05, 0) is 54.5 Å². The van der Waals surface area contributed by atoms with E-state index in [1.54, 1.807) is 24.3 Å². The Kier molecular flexibility index (Phi) is 7.69. The van der Waals surface area contributed by atoms with Crippen molar-refractivity contribution in [2.75, 3.05) is 11.9 Å². The second kappa shape index (κ2) is 10.4. The van der Waals surface area contributed by atoms with E-state index in [1.807, 2.05) is 24.3 Å². The van der Waals surface area contributed by atoms with Crippen LogP contribution in [0.15, 0.2) is 48.5 Å². The van der Waals surface area contributed by atoms with Gasteiger partial charge in [0.1, 0.15) is 6.04 Å². The lowest BCUT2D eigenvalue weighted by molar-refractivity contribution is -0.121. The number of carbonyl (C=O) groups is 3. The van der Waals surface area contributed by atoms with E-state index in [0.717, 1.165) is 6.42 Å². The summed E-state index contributed by atoms with van der Waals surface area (Å²) in [6.07, 6.45) is 1.20. The zero-order valence-corrected chi connectivity index (χ0v) is 18.5. The van der Waals surface area contributed by atoms with E-state index >= 15 is 0 Å². The molecule has 0 aliphatic carbocycles. The molecule has 1 aliphatic heterocycles. The predicted octanol–water partition coefficient (Wildman–Crippen LogP) is 4.12. The maximum absolute atomic E-state index is 12.4. The summed E-state index contributed by atoms with van der Waals surface area (Å²) in [6, 6.07) is 13.9. The van der Waals surface area contributed by atoms with Crippen LogP contribution in [0.25, 0.3) is 0 Å². The molecule has 0 saturated carbocycles. The third kappa shape index (κ3) is 6.07. The molecule has 3 amide bonds. The normalized spacial score (nSPS) is 16.7. The van der Waals surface area contributed by atoms with Crippen molar-refractivity contribution in [3.8, 4) is 0 Å². The second-order valence-electron chi connectivity index (χ2n) is 8.14. The highest BCUT2D eigenvalue weighted by Crippen LogP contribution is 2.28. The number of hydrogen-bond acceptors (Lipinski definition) is 3. The molecule has 0 aromatic heterocycles. The van der Waals surface area contributed by atoms with E-state index in [-0.39, 0.29) is 30.6 Å². The molecule has 0 radical (unpaired) electrons. The van der Waals surface area contributed by atoms with Crippen molar-refractivity contribution in [2.24, 2.45) is 5.92 Å². The van der Waals surface area contributed by atoms with Crippen LogP contribution in [0, 0.1) is 5.92 Å². The summed E-state index contributed by atoms with van der Waals surface area (Å²) < 4.78 is 0. The highest BCUT2D eigenvalue weighted by Gasteiger charge is 2.27. The molecule has 3 rings (SSSR count). The minimum atomic E-state index is -0.747. The topological polar surface area (TPSA) is 87.3 Å². The lowest BCUT2D eigenvalue weighted by Crippen LogP contribution is -2.42. The van der Waals surface area contributed by atoms with Crippen molar-refractivity contribution in [3.63, 3.8) is 0 Å². The van der Waals surface area contributed by atoms with Crippen molar-refractivity contribution in [1.29, 1.82) is 0 Å². The van der Waals surface area contributed by atoms with E-state index < -0.39 is 6.04 Å². The summed E-state index contributed by atoms with van der Waals surface area (Å²) in [6.45, 7) is 4.86. The lowest BCUT2D eigenvalue weighted by Gasteiger charge is -2.22. The zero-order chi connectivity index (χ0) is 22.4. The Labute approximate surface area is 187 Å². The number of para-hydroxylation sites is 1. The largest absolute Gasteiger partial charge is 0.356 e. The highest BCUT2D eigenvalue weighted by atomic mass is 35.5. The van der Waals surface area contributed by atoms with Crippen LogP contribution in [0.5, 0.6) is 0 Å².